The summed E-state index contributed by atoms with van der Waals surface area (Å²) in [5.41, 5.74) is 0.663. The lowest BCUT2D eigenvalue weighted by Crippen LogP contribution is -2.27. The van der Waals surface area contributed by atoms with E-state index >= 15 is 0 Å². The minimum atomic E-state index is -0.247. The molecule has 0 bridgehead atoms. The fourth-order valence-corrected chi connectivity index (χ4v) is 1.12. The summed E-state index contributed by atoms with van der Waals surface area (Å²) in [4.78, 5) is 3.69. The zero-order chi connectivity index (χ0) is 10.2. The Morgan fingerprint density at radius 2 is 2.14 bits per heavy atom. The number of nitrogens with zero attached hydrogens (tertiary/aromatic N) is 1. The Morgan fingerprint density at radius 3 is 2.86 bits per heavy atom. The zero-order valence-electron chi connectivity index (χ0n) is 8.39. The van der Waals surface area contributed by atoms with Crippen molar-refractivity contribution in [3.8, 4) is 0 Å². The highest BCUT2D eigenvalue weighted by Crippen LogP contribution is 2.02. The highest BCUT2D eigenvalue weighted by atomic mass is 19.1. The maximum Gasteiger partial charge on any atom is 0.145 e. The van der Waals surface area contributed by atoms with Gasteiger partial charge in [-0.3, -0.25) is 4.98 Å². The normalized spacial score (nSPS) is 10.4. The first-order valence-electron chi connectivity index (χ1n) is 4.84. The smallest absolute Gasteiger partial charge is 0.145 e. The van der Waals surface area contributed by atoms with Gasteiger partial charge in [-0.1, -0.05) is 6.92 Å². The van der Waals surface area contributed by atoms with Crippen LogP contribution in [0.25, 0.3) is 0 Å². The molecule has 1 heterocycles. The van der Waals surface area contributed by atoms with E-state index in [9.17, 15) is 4.39 Å². The van der Waals surface area contributed by atoms with Gasteiger partial charge in [-0.25, -0.2) is 4.39 Å². The van der Waals surface area contributed by atoms with Crippen molar-refractivity contribution in [1.82, 2.24) is 15.6 Å². The number of rotatable bonds is 6. The van der Waals surface area contributed by atoms with Crippen molar-refractivity contribution in [3.63, 3.8) is 0 Å². The predicted octanol–water partition coefficient (Wildman–Crippen LogP) is 0.920. The van der Waals surface area contributed by atoms with Gasteiger partial charge in [-0.2, -0.15) is 0 Å². The molecule has 0 atom stereocenters. The van der Waals surface area contributed by atoms with Crippen molar-refractivity contribution < 1.29 is 4.39 Å². The van der Waals surface area contributed by atoms with Gasteiger partial charge in [-0.05, 0) is 12.6 Å². The Hall–Kier alpha value is -1.00. The van der Waals surface area contributed by atoms with Gasteiger partial charge in [0.25, 0.3) is 0 Å². The van der Waals surface area contributed by atoms with Gasteiger partial charge in [-0.15, -0.1) is 0 Å². The van der Waals surface area contributed by atoms with Crippen molar-refractivity contribution in [2.24, 2.45) is 0 Å². The number of halogens is 1. The molecule has 1 rings (SSSR count). The van der Waals surface area contributed by atoms with E-state index < -0.39 is 0 Å². The van der Waals surface area contributed by atoms with Gasteiger partial charge >= 0.3 is 0 Å². The lowest BCUT2D eigenvalue weighted by molar-refractivity contribution is 0.573. The third-order valence-corrected chi connectivity index (χ3v) is 1.90. The molecule has 0 unspecified atom stereocenters. The quantitative estimate of drug-likeness (QED) is 0.666. The van der Waals surface area contributed by atoms with Crippen LogP contribution in [0.2, 0.25) is 0 Å². The summed E-state index contributed by atoms with van der Waals surface area (Å²) < 4.78 is 13.0. The molecule has 0 saturated heterocycles. The Kier molecular flexibility index (Phi) is 5.11. The van der Waals surface area contributed by atoms with Crippen LogP contribution in [-0.4, -0.2) is 24.6 Å². The molecule has 0 aliphatic carbocycles. The van der Waals surface area contributed by atoms with Crippen molar-refractivity contribution >= 4 is 0 Å². The fraction of sp³-hybridized carbons (Fsp3) is 0.500. The fourth-order valence-electron chi connectivity index (χ4n) is 1.12. The average molecular weight is 197 g/mol. The number of aromatic nitrogens is 1. The summed E-state index contributed by atoms with van der Waals surface area (Å²) in [5.74, 6) is -0.247. The number of nitrogens with one attached hydrogen (secondary N) is 2. The van der Waals surface area contributed by atoms with Crippen LogP contribution in [0.4, 0.5) is 4.39 Å². The van der Waals surface area contributed by atoms with Crippen molar-refractivity contribution in [2.45, 2.75) is 13.5 Å². The lowest BCUT2D eigenvalue weighted by atomic mass is 10.2. The van der Waals surface area contributed by atoms with Gasteiger partial charge in [0.2, 0.25) is 0 Å². The van der Waals surface area contributed by atoms with E-state index in [0.717, 1.165) is 19.6 Å². The van der Waals surface area contributed by atoms with Gasteiger partial charge in [0.05, 0.1) is 6.20 Å². The molecule has 4 heteroatoms. The Balaban J connectivity index is 2.21. The number of hydrogen-bond donors (Lipinski definition) is 2. The van der Waals surface area contributed by atoms with Crippen LogP contribution in [0.15, 0.2) is 18.5 Å². The van der Waals surface area contributed by atoms with E-state index in [0.29, 0.717) is 12.1 Å². The molecule has 2 N–H and O–H groups in total. The summed E-state index contributed by atoms with van der Waals surface area (Å²) >= 11 is 0. The molecule has 1 aromatic rings. The molecule has 0 aromatic carbocycles. The Bertz CT molecular complexity index is 265. The van der Waals surface area contributed by atoms with Gasteiger partial charge in [0.15, 0.2) is 0 Å². The largest absolute Gasteiger partial charge is 0.316 e. The van der Waals surface area contributed by atoms with E-state index in [1.165, 1.54) is 6.20 Å². The molecule has 3 nitrogen and oxygen atoms in total. The van der Waals surface area contributed by atoms with Crippen LogP contribution in [0.3, 0.4) is 0 Å². The standard InChI is InChI=1S/C10H16FN3/c1-2-12-5-6-14-7-9-3-4-13-8-10(9)11/h3-4,8,12,14H,2,5-7H2,1H3. The molecule has 0 aliphatic rings. The predicted molar refractivity (Wildman–Crippen MR) is 54.4 cm³/mol. The number of pyridine rings is 1. The van der Waals surface area contributed by atoms with E-state index in [4.69, 9.17) is 0 Å². The molecule has 14 heavy (non-hydrogen) atoms. The summed E-state index contributed by atoms with van der Waals surface area (Å²) in [6, 6.07) is 1.69. The van der Waals surface area contributed by atoms with Crippen molar-refractivity contribution in [3.05, 3.63) is 29.8 Å². The minimum absolute atomic E-state index is 0.247. The first-order valence-corrected chi connectivity index (χ1v) is 4.84. The van der Waals surface area contributed by atoms with Crippen LogP contribution < -0.4 is 10.6 Å². The second-order valence-corrected chi connectivity index (χ2v) is 3.00. The Morgan fingerprint density at radius 1 is 1.36 bits per heavy atom. The van der Waals surface area contributed by atoms with E-state index in [-0.39, 0.29) is 5.82 Å². The second kappa shape index (κ2) is 6.45. The first-order chi connectivity index (χ1) is 6.84. The van der Waals surface area contributed by atoms with Crippen LogP contribution >= 0.6 is 0 Å². The summed E-state index contributed by atoms with van der Waals surface area (Å²) in [5, 5.41) is 6.33. The summed E-state index contributed by atoms with van der Waals surface area (Å²) in [6.45, 7) is 5.33. The molecule has 0 fully saturated rings. The molecule has 0 saturated carbocycles. The topological polar surface area (TPSA) is 37.0 Å². The van der Waals surface area contributed by atoms with E-state index in [2.05, 4.69) is 22.5 Å². The van der Waals surface area contributed by atoms with Crippen LogP contribution in [0, 0.1) is 5.82 Å². The highest BCUT2D eigenvalue weighted by Gasteiger charge is 1.99. The third-order valence-electron chi connectivity index (χ3n) is 1.90. The van der Waals surface area contributed by atoms with Gasteiger partial charge in [0, 0.05) is 31.4 Å². The third kappa shape index (κ3) is 3.81. The lowest BCUT2D eigenvalue weighted by Gasteiger charge is -2.05. The van der Waals surface area contributed by atoms with E-state index in [1.807, 2.05) is 0 Å². The second-order valence-electron chi connectivity index (χ2n) is 3.00. The molecule has 0 amide bonds. The zero-order valence-corrected chi connectivity index (χ0v) is 8.39. The number of likely N-dealkylation sites (N-methyl/N-ethyl adjacent to an activating group) is 1. The molecule has 78 valence electrons. The van der Waals surface area contributed by atoms with Crippen LogP contribution in [0.1, 0.15) is 12.5 Å². The maximum atomic E-state index is 13.0. The van der Waals surface area contributed by atoms with Gasteiger partial charge in [0.1, 0.15) is 5.82 Å². The SMILES string of the molecule is CCNCCNCc1ccncc1F. The number of hydrogen-bond acceptors (Lipinski definition) is 3. The molecular formula is C10H16FN3. The Labute approximate surface area is 83.7 Å². The maximum absolute atomic E-state index is 13.0. The molecule has 0 radical (unpaired) electrons. The van der Waals surface area contributed by atoms with Crippen LogP contribution in [0.5, 0.6) is 0 Å². The van der Waals surface area contributed by atoms with Crippen molar-refractivity contribution in [1.29, 1.82) is 0 Å². The first kappa shape index (κ1) is 11.1. The molecule has 0 aliphatic heterocycles. The molecule has 0 spiro atoms. The monoisotopic (exact) mass is 197 g/mol. The summed E-state index contributed by atoms with van der Waals surface area (Å²) in [6.07, 6.45) is 2.84. The average Bonchev–Trinajstić information content (AvgIpc) is 2.20. The van der Waals surface area contributed by atoms with Crippen molar-refractivity contribution in [2.75, 3.05) is 19.6 Å². The highest BCUT2D eigenvalue weighted by molar-refractivity contribution is 5.11. The summed E-state index contributed by atoms with van der Waals surface area (Å²) in [7, 11) is 0. The molecule has 1 aromatic heterocycles. The molecular weight excluding hydrogens is 181 g/mol. The van der Waals surface area contributed by atoms with Crippen LogP contribution in [-0.2, 0) is 6.54 Å². The van der Waals surface area contributed by atoms with Gasteiger partial charge < -0.3 is 10.6 Å². The van der Waals surface area contributed by atoms with E-state index in [1.54, 1.807) is 12.3 Å². The minimum Gasteiger partial charge on any atom is -0.316 e.